The van der Waals surface area contributed by atoms with Crippen LogP contribution in [-0.2, 0) is 0 Å². The second-order valence-corrected chi connectivity index (χ2v) is 3.00. The Morgan fingerprint density at radius 3 is 2.93 bits per heavy atom. The number of hydrogen-bond acceptors (Lipinski definition) is 4. The number of halogens is 1. The highest BCUT2D eigenvalue weighted by atomic mass is 19.1. The third-order valence-electron chi connectivity index (χ3n) is 2.16. The normalized spacial score (nSPS) is 11.0. The van der Waals surface area contributed by atoms with Crippen molar-refractivity contribution in [1.29, 1.82) is 0 Å². The molecule has 4 nitrogen and oxygen atoms in total. The summed E-state index contributed by atoms with van der Waals surface area (Å²) in [6, 6.07) is 4.56. The van der Waals surface area contributed by atoms with E-state index >= 15 is 0 Å². The maximum Gasteiger partial charge on any atom is 0.258 e. The van der Waals surface area contributed by atoms with Gasteiger partial charge in [-0.1, -0.05) is 5.16 Å². The van der Waals surface area contributed by atoms with Gasteiger partial charge in [0, 0.05) is 5.39 Å². The SMILES string of the molecule is Fc1ccc(-c2ncno2)c2ccoc12. The second-order valence-electron chi connectivity index (χ2n) is 3.00. The fourth-order valence-electron chi connectivity index (χ4n) is 1.51. The van der Waals surface area contributed by atoms with Gasteiger partial charge in [0.25, 0.3) is 5.89 Å². The van der Waals surface area contributed by atoms with Crippen molar-refractivity contribution in [3.63, 3.8) is 0 Å². The lowest BCUT2D eigenvalue weighted by Gasteiger charge is -1.96. The van der Waals surface area contributed by atoms with Crippen molar-refractivity contribution < 1.29 is 13.3 Å². The smallest absolute Gasteiger partial charge is 0.258 e. The molecule has 0 aliphatic heterocycles. The van der Waals surface area contributed by atoms with E-state index in [1.165, 1.54) is 18.7 Å². The van der Waals surface area contributed by atoms with Gasteiger partial charge in [-0.2, -0.15) is 4.98 Å². The summed E-state index contributed by atoms with van der Waals surface area (Å²) in [5, 5.41) is 4.13. The van der Waals surface area contributed by atoms with Gasteiger partial charge in [0.1, 0.15) is 0 Å². The standard InChI is InChI=1S/C10H5FN2O2/c11-8-2-1-7(10-12-5-13-15-10)6-3-4-14-9(6)8/h1-5H. The molecule has 5 heteroatoms. The zero-order valence-electron chi connectivity index (χ0n) is 7.48. The van der Waals surface area contributed by atoms with Gasteiger partial charge in [0.2, 0.25) is 0 Å². The van der Waals surface area contributed by atoms with Gasteiger partial charge in [-0.05, 0) is 18.2 Å². The largest absolute Gasteiger partial charge is 0.461 e. The quantitative estimate of drug-likeness (QED) is 0.611. The fraction of sp³-hybridized carbons (Fsp3) is 0. The molecule has 2 aromatic heterocycles. The van der Waals surface area contributed by atoms with Gasteiger partial charge in [-0.3, -0.25) is 0 Å². The molecular formula is C10H5FN2O2. The van der Waals surface area contributed by atoms with Gasteiger partial charge in [0.15, 0.2) is 17.7 Å². The highest BCUT2D eigenvalue weighted by molar-refractivity contribution is 5.91. The molecule has 0 aliphatic carbocycles. The van der Waals surface area contributed by atoms with Crippen LogP contribution in [0.25, 0.3) is 22.4 Å². The van der Waals surface area contributed by atoms with E-state index in [2.05, 4.69) is 10.1 Å². The van der Waals surface area contributed by atoms with Crippen LogP contribution in [-0.4, -0.2) is 10.1 Å². The molecule has 0 fully saturated rings. The van der Waals surface area contributed by atoms with E-state index in [0.29, 0.717) is 16.8 Å². The lowest BCUT2D eigenvalue weighted by atomic mass is 10.1. The number of aromatic nitrogens is 2. The minimum Gasteiger partial charge on any atom is -0.461 e. The molecule has 1 aromatic carbocycles. The van der Waals surface area contributed by atoms with E-state index in [1.807, 2.05) is 0 Å². The number of fused-ring (bicyclic) bond motifs is 1. The van der Waals surface area contributed by atoms with Crippen LogP contribution < -0.4 is 0 Å². The van der Waals surface area contributed by atoms with E-state index in [4.69, 9.17) is 8.94 Å². The topological polar surface area (TPSA) is 52.1 Å². The first-order chi connectivity index (χ1) is 7.36. The Hall–Kier alpha value is -2.17. The Morgan fingerprint density at radius 2 is 2.13 bits per heavy atom. The molecule has 0 N–H and O–H groups in total. The van der Waals surface area contributed by atoms with E-state index in [9.17, 15) is 4.39 Å². The molecule has 74 valence electrons. The predicted octanol–water partition coefficient (Wildman–Crippen LogP) is 2.62. The van der Waals surface area contributed by atoms with Crippen LogP contribution in [0.3, 0.4) is 0 Å². The van der Waals surface area contributed by atoms with Crippen LogP contribution in [0.15, 0.2) is 39.7 Å². The maximum absolute atomic E-state index is 13.3. The lowest BCUT2D eigenvalue weighted by molar-refractivity contribution is 0.430. The Morgan fingerprint density at radius 1 is 1.20 bits per heavy atom. The molecule has 0 spiro atoms. The third-order valence-corrected chi connectivity index (χ3v) is 2.16. The molecule has 0 radical (unpaired) electrons. The average Bonchev–Trinajstić information content (AvgIpc) is 2.88. The number of hydrogen-bond donors (Lipinski definition) is 0. The van der Waals surface area contributed by atoms with E-state index in [-0.39, 0.29) is 5.58 Å². The molecular weight excluding hydrogens is 199 g/mol. The number of nitrogens with zero attached hydrogens (tertiary/aromatic N) is 2. The summed E-state index contributed by atoms with van der Waals surface area (Å²) in [4.78, 5) is 3.90. The Balaban J connectivity index is 2.37. The fourth-order valence-corrected chi connectivity index (χ4v) is 1.51. The summed E-state index contributed by atoms with van der Waals surface area (Å²) in [5.41, 5.74) is 0.864. The summed E-state index contributed by atoms with van der Waals surface area (Å²) in [6.07, 6.45) is 2.72. The van der Waals surface area contributed by atoms with Crippen LogP contribution in [0.5, 0.6) is 0 Å². The summed E-state index contributed by atoms with van der Waals surface area (Å²) < 4.78 is 23.2. The predicted molar refractivity (Wildman–Crippen MR) is 49.5 cm³/mol. The molecule has 0 saturated heterocycles. The van der Waals surface area contributed by atoms with Crippen molar-refractivity contribution in [2.75, 3.05) is 0 Å². The lowest BCUT2D eigenvalue weighted by Crippen LogP contribution is -1.81. The summed E-state index contributed by atoms with van der Waals surface area (Å²) in [6.45, 7) is 0. The minimum absolute atomic E-state index is 0.200. The molecule has 3 rings (SSSR count). The van der Waals surface area contributed by atoms with Crippen LogP contribution in [0, 0.1) is 5.82 Å². The first-order valence-electron chi connectivity index (χ1n) is 4.29. The van der Waals surface area contributed by atoms with E-state index in [0.717, 1.165) is 0 Å². The monoisotopic (exact) mass is 204 g/mol. The second kappa shape index (κ2) is 2.91. The van der Waals surface area contributed by atoms with Crippen molar-refractivity contribution in [3.05, 3.63) is 36.6 Å². The van der Waals surface area contributed by atoms with Gasteiger partial charge in [0.05, 0.1) is 11.8 Å². The zero-order chi connectivity index (χ0) is 10.3. The Labute approximate surface area is 83.3 Å². The first kappa shape index (κ1) is 8.16. The third kappa shape index (κ3) is 1.13. The number of benzene rings is 1. The van der Waals surface area contributed by atoms with E-state index in [1.54, 1.807) is 12.1 Å². The Kier molecular flexibility index (Phi) is 1.58. The van der Waals surface area contributed by atoms with Crippen molar-refractivity contribution in [2.45, 2.75) is 0 Å². The van der Waals surface area contributed by atoms with Crippen molar-refractivity contribution in [2.24, 2.45) is 0 Å². The van der Waals surface area contributed by atoms with Gasteiger partial charge in [-0.25, -0.2) is 4.39 Å². The number of rotatable bonds is 1. The molecule has 2 heterocycles. The summed E-state index contributed by atoms with van der Waals surface area (Å²) in [5.74, 6) is -0.0559. The molecule has 0 atom stereocenters. The molecule has 0 bridgehead atoms. The van der Waals surface area contributed by atoms with Crippen LogP contribution in [0.4, 0.5) is 4.39 Å². The molecule has 0 unspecified atom stereocenters. The molecule has 0 aliphatic rings. The molecule has 3 aromatic rings. The van der Waals surface area contributed by atoms with Gasteiger partial charge in [-0.15, -0.1) is 0 Å². The maximum atomic E-state index is 13.3. The minimum atomic E-state index is -0.404. The number of furan rings is 1. The highest BCUT2D eigenvalue weighted by Crippen LogP contribution is 2.29. The highest BCUT2D eigenvalue weighted by Gasteiger charge is 2.13. The molecule has 0 amide bonds. The zero-order valence-corrected chi connectivity index (χ0v) is 7.48. The summed E-state index contributed by atoms with van der Waals surface area (Å²) >= 11 is 0. The molecule has 15 heavy (non-hydrogen) atoms. The van der Waals surface area contributed by atoms with Crippen molar-refractivity contribution in [1.82, 2.24) is 10.1 Å². The van der Waals surface area contributed by atoms with Gasteiger partial charge >= 0.3 is 0 Å². The van der Waals surface area contributed by atoms with Crippen LogP contribution in [0.1, 0.15) is 0 Å². The summed E-state index contributed by atoms with van der Waals surface area (Å²) in [7, 11) is 0. The van der Waals surface area contributed by atoms with E-state index < -0.39 is 5.82 Å². The van der Waals surface area contributed by atoms with Crippen LogP contribution in [0.2, 0.25) is 0 Å². The average molecular weight is 204 g/mol. The van der Waals surface area contributed by atoms with Gasteiger partial charge < -0.3 is 8.94 Å². The Bertz CT molecular complexity index is 601. The molecule has 0 saturated carbocycles. The van der Waals surface area contributed by atoms with Crippen LogP contribution >= 0.6 is 0 Å². The van der Waals surface area contributed by atoms with Crippen molar-refractivity contribution >= 4 is 11.0 Å². The van der Waals surface area contributed by atoms with Crippen molar-refractivity contribution in [3.8, 4) is 11.5 Å². The first-order valence-corrected chi connectivity index (χ1v) is 4.29.